The number of rotatable bonds is 7. The van der Waals surface area contributed by atoms with Gasteiger partial charge in [0.2, 0.25) is 0 Å². The van der Waals surface area contributed by atoms with Gasteiger partial charge < -0.3 is 9.47 Å². The van der Waals surface area contributed by atoms with Crippen LogP contribution < -0.4 is 9.47 Å². The Morgan fingerprint density at radius 3 is 2.59 bits per heavy atom. The van der Waals surface area contributed by atoms with Crippen LogP contribution in [-0.4, -0.2) is 33.7 Å². The van der Waals surface area contributed by atoms with Crippen LogP contribution in [0.4, 0.5) is 0 Å². The molecule has 1 atom stereocenters. The van der Waals surface area contributed by atoms with Crippen molar-refractivity contribution < 1.29 is 9.47 Å². The Balaban J connectivity index is 2.10. The molecule has 1 heterocycles. The third-order valence-electron chi connectivity index (χ3n) is 3.83. The van der Waals surface area contributed by atoms with Crippen LogP contribution in [0.2, 0.25) is 0 Å². The summed E-state index contributed by atoms with van der Waals surface area (Å²) in [7, 11) is 1.63. The average molecular weight is 380 g/mol. The van der Waals surface area contributed by atoms with Crippen LogP contribution >= 0.6 is 11.8 Å². The van der Waals surface area contributed by atoms with Gasteiger partial charge in [0.15, 0.2) is 11.0 Å². The van der Waals surface area contributed by atoms with Crippen LogP contribution in [0.3, 0.4) is 0 Å². The Labute approximate surface area is 162 Å². The molecular formula is C20H20N4O2S. The molecular weight excluding hydrogens is 360 g/mol. The molecule has 138 valence electrons. The average Bonchev–Trinajstić information content (AvgIpc) is 3.12. The molecule has 0 aliphatic heterocycles. The molecule has 3 aromatic rings. The smallest absolute Gasteiger partial charge is 0.197 e. The van der Waals surface area contributed by atoms with E-state index in [4.69, 9.17) is 9.47 Å². The fourth-order valence-electron chi connectivity index (χ4n) is 2.57. The van der Waals surface area contributed by atoms with Gasteiger partial charge in [-0.05, 0) is 50.2 Å². The summed E-state index contributed by atoms with van der Waals surface area (Å²) in [6.07, 6.45) is 0. The highest BCUT2D eigenvalue weighted by molar-refractivity contribution is 8.00. The number of methoxy groups -OCH3 is 1. The molecule has 27 heavy (non-hydrogen) atoms. The summed E-state index contributed by atoms with van der Waals surface area (Å²) in [4.78, 5) is 0. The number of nitriles is 1. The van der Waals surface area contributed by atoms with Crippen molar-refractivity contribution in [2.75, 3.05) is 13.7 Å². The lowest BCUT2D eigenvalue weighted by Gasteiger charge is -2.12. The highest BCUT2D eigenvalue weighted by Crippen LogP contribution is 2.31. The zero-order valence-corrected chi connectivity index (χ0v) is 16.2. The van der Waals surface area contributed by atoms with Gasteiger partial charge in [-0.1, -0.05) is 23.9 Å². The van der Waals surface area contributed by atoms with Crippen molar-refractivity contribution in [3.8, 4) is 34.6 Å². The Morgan fingerprint density at radius 2 is 1.93 bits per heavy atom. The molecule has 0 aliphatic carbocycles. The number of aromatic nitrogens is 3. The SMILES string of the molecule is CCOc1ccc(-n2c(S[C@@H](C)C#N)nnc2-c2cccc(OC)c2)cc1. The van der Waals surface area contributed by atoms with E-state index in [1.54, 1.807) is 7.11 Å². The zero-order valence-electron chi connectivity index (χ0n) is 15.4. The van der Waals surface area contributed by atoms with Crippen molar-refractivity contribution in [1.82, 2.24) is 14.8 Å². The first-order chi connectivity index (χ1) is 13.2. The van der Waals surface area contributed by atoms with Gasteiger partial charge in [-0.25, -0.2) is 0 Å². The topological polar surface area (TPSA) is 73.0 Å². The molecule has 0 saturated carbocycles. The van der Waals surface area contributed by atoms with E-state index in [9.17, 15) is 5.26 Å². The lowest BCUT2D eigenvalue weighted by atomic mass is 10.2. The van der Waals surface area contributed by atoms with Crippen LogP contribution in [0.1, 0.15) is 13.8 Å². The van der Waals surface area contributed by atoms with Crippen LogP contribution in [0.25, 0.3) is 17.1 Å². The Kier molecular flexibility index (Phi) is 5.99. The van der Waals surface area contributed by atoms with Crippen molar-refractivity contribution in [2.24, 2.45) is 0 Å². The van der Waals surface area contributed by atoms with Gasteiger partial charge in [0, 0.05) is 11.3 Å². The molecule has 0 unspecified atom stereocenters. The molecule has 0 N–H and O–H groups in total. The maximum atomic E-state index is 9.18. The minimum absolute atomic E-state index is 0.242. The first-order valence-electron chi connectivity index (χ1n) is 8.55. The Bertz CT molecular complexity index is 947. The molecule has 0 spiro atoms. The molecule has 3 rings (SSSR count). The predicted molar refractivity (Wildman–Crippen MR) is 105 cm³/mol. The molecule has 0 saturated heterocycles. The third-order valence-corrected chi connectivity index (χ3v) is 4.77. The number of benzene rings is 2. The summed E-state index contributed by atoms with van der Waals surface area (Å²) >= 11 is 1.37. The van der Waals surface area contributed by atoms with Crippen molar-refractivity contribution >= 4 is 11.8 Å². The molecule has 0 radical (unpaired) electrons. The molecule has 6 nitrogen and oxygen atoms in total. The molecule has 1 aromatic heterocycles. The van der Waals surface area contributed by atoms with Gasteiger partial charge in [0.25, 0.3) is 0 Å². The lowest BCUT2D eigenvalue weighted by Crippen LogP contribution is -2.02. The van der Waals surface area contributed by atoms with Crippen LogP contribution in [0.15, 0.2) is 53.7 Å². The van der Waals surface area contributed by atoms with Crippen LogP contribution in [0.5, 0.6) is 11.5 Å². The number of ether oxygens (including phenoxy) is 2. The number of nitrogens with zero attached hydrogens (tertiary/aromatic N) is 4. The van der Waals surface area contributed by atoms with Crippen molar-refractivity contribution in [3.05, 3.63) is 48.5 Å². The van der Waals surface area contributed by atoms with Crippen molar-refractivity contribution in [2.45, 2.75) is 24.3 Å². The summed E-state index contributed by atoms with van der Waals surface area (Å²) in [6.45, 7) is 4.40. The third kappa shape index (κ3) is 4.23. The molecule has 7 heteroatoms. The standard InChI is InChI=1S/C20H20N4O2S/c1-4-26-17-10-8-16(9-11-17)24-19(15-6-5-7-18(12-15)25-3)22-23-20(24)27-14(2)13-21/h5-12,14H,4H2,1-3H3/t14-/m0/s1. The Hall–Kier alpha value is -2.98. The lowest BCUT2D eigenvalue weighted by molar-refractivity contribution is 0.340. The monoisotopic (exact) mass is 380 g/mol. The van der Waals surface area contributed by atoms with E-state index in [1.807, 2.05) is 66.9 Å². The second kappa shape index (κ2) is 8.60. The molecule has 0 aliphatic rings. The van der Waals surface area contributed by atoms with Gasteiger partial charge in [-0.15, -0.1) is 10.2 Å². The van der Waals surface area contributed by atoms with Crippen LogP contribution in [0, 0.1) is 11.3 Å². The number of hydrogen-bond acceptors (Lipinski definition) is 6. The predicted octanol–water partition coefficient (Wildman–Crippen LogP) is 4.35. The Morgan fingerprint density at radius 1 is 1.15 bits per heavy atom. The minimum atomic E-state index is -0.242. The molecule has 0 fully saturated rings. The van der Waals surface area contributed by atoms with E-state index in [-0.39, 0.29) is 5.25 Å². The molecule has 0 amide bonds. The molecule has 2 aromatic carbocycles. The summed E-state index contributed by atoms with van der Waals surface area (Å²) < 4.78 is 12.8. The summed E-state index contributed by atoms with van der Waals surface area (Å²) in [5.41, 5.74) is 1.78. The summed E-state index contributed by atoms with van der Waals surface area (Å²) in [5, 5.41) is 18.3. The van der Waals surface area contributed by atoms with Gasteiger partial charge >= 0.3 is 0 Å². The number of hydrogen-bond donors (Lipinski definition) is 0. The first-order valence-corrected chi connectivity index (χ1v) is 9.43. The van der Waals surface area contributed by atoms with Crippen molar-refractivity contribution in [3.63, 3.8) is 0 Å². The van der Waals surface area contributed by atoms with E-state index in [0.29, 0.717) is 17.6 Å². The fourth-order valence-corrected chi connectivity index (χ4v) is 3.32. The van der Waals surface area contributed by atoms with E-state index in [2.05, 4.69) is 16.3 Å². The van der Waals surface area contributed by atoms with Crippen molar-refractivity contribution in [1.29, 1.82) is 5.26 Å². The second-order valence-corrected chi connectivity index (χ2v) is 7.00. The maximum absolute atomic E-state index is 9.18. The van der Waals surface area contributed by atoms with E-state index in [0.717, 1.165) is 22.7 Å². The van der Waals surface area contributed by atoms with Gasteiger partial charge in [0.1, 0.15) is 11.5 Å². The van der Waals surface area contributed by atoms with Gasteiger partial charge in [-0.3, -0.25) is 4.57 Å². The maximum Gasteiger partial charge on any atom is 0.197 e. The molecule has 0 bridgehead atoms. The first kappa shape index (κ1) is 18.8. The van der Waals surface area contributed by atoms with E-state index < -0.39 is 0 Å². The van der Waals surface area contributed by atoms with E-state index >= 15 is 0 Å². The highest BCUT2D eigenvalue weighted by atomic mass is 32.2. The number of thioether (sulfide) groups is 1. The highest BCUT2D eigenvalue weighted by Gasteiger charge is 2.18. The van der Waals surface area contributed by atoms with Gasteiger partial charge in [0.05, 0.1) is 25.0 Å². The van der Waals surface area contributed by atoms with Crippen LogP contribution in [-0.2, 0) is 0 Å². The second-order valence-electron chi connectivity index (χ2n) is 5.69. The largest absolute Gasteiger partial charge is 0.497 e. The van der Waals surface area contributed by atoms with E-state index in [1.165, 1.54) is 11.8 Å². The zero-order chi connectivity index (χ0) is 19.2. The quantitative estimate of drug-likeness (QED) is 0.568. The normalized spacial score (nSPS) is 11.6. The summed E-state index contributed by atoms with van der Waals surface area (Å²) in [6, 6.07) is 17.6. The summed E-state index contributed by atoms with van der Waals surface area (Å²) in [5.74, 6) is 2.23. The minimum Gasteiger partial charge on any atom is -0.497 e. The van der Waals surface area contributed by atoms with Gasteiger partial charge in [-0.2, -0.15) is 5.26 Å². The fraction of sp³-hybridized carbons (Fsp3) is 0.250.